The van der Waals surface area contributed by atoms with E-state index in [9.17, 15) is 0 Å². The molecule has 0 aliphatic heterocycles. The highest BCUT2D eigenvalue weighted by Crippen LogP contribution is 2.77. The van der Waals surface area contributed by atoms with Gasteiger partial charge in [0.1, 0.15) is 0 Å². The zero-order chi connectivity index (χ0) is 12.9. The van der Waals surface area contributed by atoms with Crippen molar-refractivity contribution in [1.29, 1.82) is 0 Å². The molecular formula is C17H30. The average Bonchev–Trinajstić information content (AvgIpc) is 2.15. The van der Waals surface area contributed by atoms with Crippen molar-refractivity contribution >= 4 is 0 Å². The lowest BCUT2D eigenvalue weighted by molar-refractivity contribution is -0.263. The Morgan fingerprint density at radius 2 is 0.765 bits per heavy atom. The van der Waals surface area contributed by atoms with Crippen LogP contribution in [0.2, 0.25) is 0 Å². The zero-order valence-corrected chi connectivity index (χ0v) is 12.9. The molecule has 0 radical (unpaired) electrons. The van der Waals surface area contributed by atoms with Crippen molar-refractivity contribution in [2.24, 2.45) is 39.4 Å². The normalized spacial score (nSPS) is 52.8. The first-order valence-corrected chi connectivity index (χ1v) is 7.52. The van der Waals surface area contributed by atoms with Crippen LogP contribution in [-0.2, 0) is 0 Å². The first-order valence-electron chi connectivity index (χ1n) is 7.52. The van der Waals surface area contributed by atoms with E-state index < -0.39 is 0 Å². The van der Waals surface area contributed by atoms with Crippen LogP contribution in [0.1, 0.15) is 67.7 Å². The SMILES string of the molecule is CC12CC3C(C)(C)C(C1)C(C)(C)C(C2)C3(C)C. The Balaban J connectivity index is 2.17. The summed E-state index contributed by atoms with van der Waals surface area (Å²) in [7, 11) is 0. The van der Waals surface area contributed by atoms with Gasteiger partial charge >= 0.3 is 0 Å². The highest BCUT2D eigenvalue weighted by molar-refractivity contribution is 5.18. The van der Waals surface area contributed by atoms with Gasteiger partial charge in [-0.25, -0.2) is 0 Å². The van der Waals surface area contributed by atoms with E-state index in [-0.39, 0.29) is 0 Å². The molecule has 0 aromatic heterocycles. The van der Waals surface area contributed by atoms with Crippen molar-refractivity contribution in [3.8, 4) is 0 Å². The summed E-state index contributed by atoms with van der Waals surface area (Å²) in [4.78, 5) is 0. The molecule has 0 aromatic carbocycles. The Hall–Kier alpha value is 0. The highest BCUT2D eigenvalue weighted by atomic mass is 14.7. The van der Waals surface area contributed by atoms with Gasteiger partial charge in [-0.15, -0.1) is 0 Å². The lowest BCUT2D eigenvalue weighted by atomic mass is 9.30. The molecule has 4 bridgehead atoms. The van der Waals surface area contributed by atoms with E-state index in [1.165, 1.54) is 19.3 Å². The number of hydrogen-bond donors (Lipinski definition) is 0. The smallest absolute Gasteiger partial charge is 0.0287 e. The fourth-order valence-electron chi connectivity index (χ4n) is 6.91. The summed E-state index contributed by atoms with van der Waals surface area (Å²) in [5.41, 5.74) is 2.30. The van der Waals surface area contributed by atoms with Gasteiger partial charge in [-0.3, -0.25) is 0 Å². The Morgan fingerprint density at radius 3 is 1.00 bits per heavy atom. The van der Waals surface area contributed by atoms with Crippen molar-refractivity contribution in [1.82, 2.24) is 0 Å². The maximum atomic E-state index is 2.57. The molecule has 4 aliphatic rings. The third-order valence-electron chi connectivity index (χ3n) is 7.48. The second-order valence-corrected chi connectivity index (χ2v) is 9.54. The van der Waals surface area contributed by atoms with Crippen LogP contribution in [0.25, 0.3) is 0 Å². The van der Waals surface area contributed by atoms with E-state index in [1.807, 2.05) is 0 Å². The van der Waals surface area contributed by atoms with Crippen LogP contribution >= 0.6 is 0 Å². The molecular weight excluding hydrogens is 204 g/mol. The van der Waals surface area contributed by atoms with E-state index in [0.717, 1.165) is 17.8 Å². The molecule has 4 rings (SSSR count). The van der Waals surface area contributed by atoms with Gasteiger partial charge in [0.15, 0.2) is 0 Å². The van der Waals surface area contributed by atoms with Gasteiger partial charge in [0.05, 0.1) is 0 Å². The van der Waals surface area contributed by atoms with Crippen LogP contribution in [0, 0.1) is 39.4 Å². The maximum absolute atomic E-state index is 2.57. The topological polar surface area (TPSA) is 0 Å². The molecule has 0 atom stereocenters. The van der Waals surface area contributed by atoms with E-state index in [4.69, 9.17) is 0 Å². The van der Waals surface area contributed by atoms with E-state index in [2.05, 4.69) is 48.5 Å². The summed E-state index contributed by atoms with van der Waals surface area (Å²) in [6.45, 7) is 17.9. The monoisotopic (exact) mass is 234 g/mol. The molecule has 4 saturated carbocycles. The standard InChI is InChI=1S/C17H30/c1-14(2)11-8-17(7)9-12(14)16(5,6)13(10-17)15(11,3)4/h11-13H,8-10H2,1-7H3. The quantitative estimate of drug-likeness (QED) is 0.545. The van der Waals surface area contributed by atoms with Crippen molar-refractivity contribution in [3.63, 3.8) is 0 Å². The lowest BCUT2D eigenvalue weighted by Crippen LogP contribution is -2.68. The fourth-order valence-corrected chi connectivity index (χ4v) is 6.91. The second-order valence-electron chi connectivity index (χ2n) is 9.54. The molecule has 17 heavy (non-hydrogen) atoms. The Kier molecular flexibility index (Phi) is 1.97. The summed E-state index contributed by atoms with van der Waals surface area (Å²) in [6.07, 6.45) is 4.45. The van der Waals surface area contributed by atoms with Gasteiger partial charge in [0.25, 0.3) is 0 Å². The van der Waals surface area contributed by atoms with Gasteiger partial charge in [-0.05, 0) is 58.7 Å². The van der Waals surface area contributed by atoms with Crippen molar-refractivity contribution in [2.45, 2.75) is 67.7 Å². The molecule has 0 spiro atoms. The minimum atomic E-state index is 0.545. The highest BCUT2D eigenvalue weighted by Gasteiger charge is 2.69. The number of rotatable bonds is 0. The first kappa shape index (κ1) is 12.1. The predicted molar refractivity (Wildman–Crippen MR) is 73.8 cm³/mol. The summed E-state index contributed by atoms with van der Waals surface area (Å²) in [6, 6.07) is 0. The molecule has 4 aliphatic carbocycles. The van der Waals surface area contributed by atoms with Crippen LogP contribution in [0.4, 0.5) is 0 Å². The van der Waals surface area contributed by atoms with E-state index in [1.54, 1.807) is 0 Å². The molecule has 0 N–H and O–H groups in total. The third kappa shape index (κ3) is 1.21. The molecule has 0 saturated heterocycles. The van der Waals surface area contributed by atoms with Crippen LogP contribution < -0.4 is 0 Å². The molecule has 0 unspecified atom stereocenters. The molecule has 0 heteroatoms. The summed E-state index contributed by atoms with van der Waals surface area (Å²) < 4.78 is 0. The van der Waals surface area contributed by atoms with Crippen LogP contribution in [0.5, 0.6) is 0 Å². The van der Waals surface area contributed by atoms with Gasteiger partial charge in [-0.1, -0.05) is 48.5 Å². The van der Waals surface area contributed by atoms with Crippen molar-refractivity contribution < 1.29 is 0 Å². The number of hydrogen-bond acceptors (Lipinski definition) is 0. The zero-order valence-electron chi connectivity index (χ0n) is 12.9. The molecule has 98 valence electrons. The Morgan fingerprint density at radius 1 is 0.529 bits per heavy atom. The fraction of sp³-hybridized carbons (Fsp3) is 1.00. The average molecular weight is 234 g/mol. The van der Waals surface area contributed by atoms with Crippen LogP contribution in [0.15, 0.2) is 0 Å². The van der Waals surface area contributed by atoms with Crippen LogP contribution in [0.3, 0.4) is 0 Å². The third-order valence-corrected chi connectivity index (χ3v) is 7.48. The van der Waals surface area contributed by atoms with E-state index in [0.29, 0.717) is 21.7 Å². The maximum Gasteiger partial charge on any atom is -0.0287 e. The van der Waals surface area contributed by atoms with Gasteiger partial charge in [0, 0.05) is 0 Å². The second kappa shape index (κ2) is 2.78. The largest absolute Gasteiger partial charge is 0.0596 e. The molecule has 0 amide bonds. The first-order chi connectivity index (χ1) is 7.52. The van der Waals surface area contributed by atoms with Crippen LogP contribution in [-0.4, -0.2) is 0 Å². The predicted octanol–water partition coefficient (Wildman–Crippen LogP) is 5.13. The molecule has 4 fully saturated rings. The minimum absolute atomic E-state index is 0.545. The summed E-state index contributed by atoms with van der Waals surface area (Å²) in [5.74, 6) is 2.81. The van der Waals surface area contributed by atoms with Gasteiger partial charge in [0.2, 0.25) is 0 Å². The summed E-state index contributed by atoms with van der Waals surface area (Å²) in [5, 5.41) is 0. The minimum Gasteiger partial charge on any atom is -0.0596 e. The van der Waals surface area contributed by atoms with Crippen molar-refractivity contribution in [2.75, 3.05) is 0 Å². The molecule has 0 nitrogen and oxygen atoms in total. The molecule has 0 heterocycles. The Bertz CT molecular complexity index is 285. The molecule has 0 aromatic rings. The summed E-state index contributed by atoms with van der Waals surface area (Å²) >= 11 is 0. The van der Waals surface area contributed by atoms with Gasteiger partial charge < -0.3 is 0 Å². The lowest BCUT2D eigenvalue weighted by Gasteiger charge is -2.75. The van der Waals surface area contributed by atoms with Crippen molar-refractivity contribution in [3.05, 3.63) is 0 Å². The van der Waals surface area contributed by atoms with E-state index >= 15 is 0 Å². The Labute approximate surface area is 108 Å². The van der Waals surface area contributed by atoms with Gasteiger partial charge in [-0.2, -0.15) is 0 Å².